The lowest BCUT2D eigenvalue weighted by atomic mass is 9.95. The molecule has 2 aliphatic rings. The van der Waals surface area contributed by atoms with E-state index >= 15 is 0 Å². The summed E-state index contributed by atoms with van der Waals surface area (Å²) >= 11 is 0. The van der Waals surface area contributed by atoms with E-state index in [2.05, 4.69) is 15.6 Å². The number of nitrogens with zero attached hydrogens (tertiary/aromatic N) is 1. The Morgan fingerprint density at radius 3 is 1.90 bits per heavy atom. The first-order valence-corrected chi connectivity index (χ1v) is 7.79. The van der Waals surface area contributed by atoms with Crippen LogP contribution in [0.4, 0.5) is 0 Å². The first-order chi connectivity index (χ1) is 10.2. The number of carbonyl (C=O) groups excluding carboxylic acids is 2. The van der Waals surface area contributed by atoms with Crippen LogP contribution < -0.4 is 10.6 Å². The fourth-order valence-corrected chi connectivity index (χ4v) is 2.70. The Hall–Kier alpha value is -1.91. The molecule has 3 rings (SSSR count). The fraction of sp³-hybridized carbons (Fsp3) is 0.562. The summed E-state index contributed by atoms with van der Waals surface area (Å²) in [6.07, 6.45) is 10.8. The van der Waals surface area contributed by atoms with Crippen molar-refractivity contribution in [2.24, 2.45) is 0 Å². The molecule has 0 aromatic carbocycles. The molecule has 1 aromatic heterocycles. The van der Waals surface area contributed by atoms with Gasteiger partial charge in [-0.1, -0.05) is 19.3 Å². The summed E-state index contributed by atoms with van der Waals surface area (Å²) in [6.45, 7) is 0. The maximum Gasteiger partial charge on any atom is 0.253 e. The van der Waals surface area contributed by atoms with Gasteiger partial charge in [-0.2, -0.15) is 0 Å². The molecule has 2 N–H and O–H groups in total. The predicted molar refractivity (Wildman–Crippen MR) is 79.1 cm³/mol. The Balaban J connectivity index is 1.63. The standard InChI is InChI=1S/C16H21N3O2/c20-15(18-13-4-2-1-3-5-13)11-8-12(10-17-9-11)16(21)19-14-6-7-14/h8-10,13-14H,1-7H2,(H,18,20)(H,19,21). The lowest BCUT2D eigenvalue weighted by Crippen LogP contribution is -2.36. The number of aromatic nitrogens is 1. The van der Waals surface area contributed by atoms with Crippen LogP contribution in [0.25, 0.3) is 0 Å². The highest BCUT2D eigenvalue weighted by Crippen LogP contribution is 2.20. The molecule has 2 amide bonds. The van der Waals surface area contributed by atoms with Crippen molar-refractivity contribution in [1.82, 2.24) is 15.6 Å². The molecule has 2 aliphatic carbocycles. The molecule has 0 aliphatic heterocycles. The first kappa shape index (κ1) is 14.0. The predicted octanol–water partition coefficient (Wildman–Crippen LogP) is 2.04. The van der Waals surface area contributed by atoms with Crippen LogP contribution in [0.3, 0.4) is 0 Å². The second-order valence-electron chi connectivity index (χ2n) is 6.02. The molecular weight excluding hydrogens is 266 g/mol. The van der Waals surface area contributed by atoms with Gasteiger partial charge in [0.25, 0.3) is 11.8 Å². The summed E-state index contributed by atoms with van der Waals surface area (Å²) in [5.41, 5.74) is 0.919. The van der Waals surface area contributed by atoms with Crippen molar-refractivity contribution in [1.29, 1.82) is 0 Å². The molecule has 0 spiro atoms. The Labute approximate surface area is 124 Å². The van der Waals surface area contributed by atoms with Gasteiger partial charge in [0.05, 0.1) is 11.1 Å². The van der Waals surface area contributed by atoms with Crippen molar-refractivity contribution < 1.29 is 9.59 Å². The lowest BCUT2D eigenvalue weighted by Gasteiger charge is -2.22. The SMILES string of the molecule is O=C(NC1CCCCC1)c1cncc(C(=O)NC2CC2)c1. The third kappa shape index (κ3) is 3.80. The molecule has 0 bridgehead atoms. The zero-order chi connectivity index (χ0) is 14.7. The molecule has 21 heavy (non-hydrogen) atoms. The van der Waals surface area contributed by atoms with Gasteiger partial charge in [0.1, 0.15) is 0 Å². The average Bonchev–Trinajstić information content (AvgIpc) is 3.32. The topological polar surface area (TPSA) is 71.1 Å². The number of nitrogens with one attached hydrogen (secondary N) is 2. The summed E-state index contributed by atoms with van der Waals surface area (Å²) in [5.74, 6) is -0.271. The van der Waals surface area contributed by atoms with Gasteiger partial charge in [0.2, 0.25) is 0 Å². The Morgan fingerprint density at radius 1 is 0.857 bits per heavy atom. The van der Waals surface area contributed by atoms with Gasteiger partial charge in [0.15, 0.2) is 0 Å². The van der Waals surface area contributed by atoms with Crippen molar-refractivity contribution in [2.45, 2.75) is 57.0 Å². The van der Waals surface area contributed by atoms with Crippen molar-refractivity contribution in [3.63, 3.8) is 0 Å². The van der Waals surface area contributed by atoms with Crippen LogP contribution in [0.5, 0.6) is 0 Å². The zero-order valence-electron chi connectivity index (χ0n) is 12.1. The highest BCUT2D eigenvalue weighted by atomic mass is 16.2. The first-order valence-electron chi connectivity index (χ1n) is 7.79. The quantitative estimate of drug-likeness (QED) is 0.890. The van der Waals surface area contributed by atoms with E-state index in [1.54, 1.807) is 6.07 Å². The van der Waals surface area contributed by atoms with Crippen LogP contribution in [0.2, 0.25) is 0 Å². The number of amides is 2. The van der Waals surface area contributed by atoms with Crippen LogP contribution in [0.15, 0.2) is 18.5 Å². The summed E-state index contributed by atoms with van der Waals surface area (Å²) in [7, 11) is 0. The molecule has 0 saturated heterocycles. The lowest BCUT2D eigenvalue weighted by molar-refractivity contribution is 0.0927. The van der Waals surface area contributed by atoms with Crippen molar-refractivity contribution in [3.8, 4) is 0 Å². The Morgan fingerprint density at radius 2 is 1.38 bits per heavy atom. The number of carbonyl (C=O) groups is 2. The van der Waals surface area contributed by atoms with E-state index in [0.717, 1.165) is 25.7 Å². The molecular formula is C16H21N3O2. The minimum absolute atomic E-state index is 0.129. The average molecular weight is 287 g/mol. The van der Waals surface area contributed by atoms with Crippen molar-refractivity contribution >= 4 is 11.8 Å². The smallest absolute Gasteiger partial charge is 0.253 e. The van der Waals surface area contributed by atoms with E-state index < -0.39 is 0 Å². The van der Waals surface area contributed by atoms with Crippen LogP contribution >= 0.6 is 0 Å². The van der Waals surface area contributed by atoms with Gasteiger partial charge in [-0.3, -0.25) is 14.6 Å². The zero-order valence-corrected chi connectivity index (χ0v) is 12.1. The van der Waals surface area contributed by atoms with E-state index in [-0.39, 0.29) is 17.9 Å². The van der Waals surface area contributed by atoms with E-state index in [0.29, 0.717) is 17.2 Å². The molecule has 112 valence electrons. The van der Waals surface area contributed by atoms with E-state index in [1.807, 2.05) is 0 Å². The maximum atomic E-state index is 12.2. The largest absolute Gasteiger partial charge is 0.349 e. The fourth-order valence-electron chi connectivity index (χ4n) is 2.70. The number of hydrogen-bond acceptors (Lipinski definition) is 3. The highest BCUT2D eigenvalue weighted by Gasteiger charge is 2.24. The van der Waals surface area contributed by atoms with Crippen molar-refractivity contribution in [2.75, 3.05) is 0 Å². The van der Waals surface area contributed by atoms with Gasteiger partial charge < -0.3 is 10.6 Å². The van der Waals surface area contributed by atoms with E-state index in [4.69, 9.17) is 0 Å². The second kappa shape index (κ2) is 6.24. The van der Waals surface area contributed by atoms with Gasteiger partial charge in [0, 0.05) is 24.5 Å². The number of rotatable bonds is 4. The molecule has 0 radical (unpaired) electrons. The molecule has 5 heteroatoms. The van der Waals surface area contributed by atoms with E-state index in [9.17, 15) is 9.59 Å². The summed E-state index contributed by atoms with van der Waals surface area (Å²) in [4.78, 5) is 28.2. The monoisotopic (exact) mass is 287 g/mol. The molecule has 5 nitrogen and oxygen atoms in total. The molecule has 2 fully saturated rings. The van der Waals surface area contributed by atoms with Crippen LogP contribution in [-0.4, -0.2) is 28.9 Å². The molecule has 1 aromatic rings. The third-order valence-electron chi connectivity index (χ3n) is 4.12. The number of hydrogen-bond donors (Lipinski definition) is 2. The van der Waals surface area contributed by atoms with Crippen molar-refractivity contribution in [3.05, 3.63) is 29.6 Å². The summed E-state index contributed by atoms with van der Waals surface area (Å²) in [5, 5.41) is 5.95. The minimum atomic E-state index is -0.141. The van der Waals surface area contributed by atoms with Gasteiger partial charge in [-0.15, -0.1) is 0 Å². The Kier molecular flexibility index (Phi) is 4.18. The summed E-state index contributed by atoms with van der Waals surface area (Å²) < 4.78 is 0. The van der Waals surface area contributed by atoms with Crippen LogP contribution in [0.1, 0.15) is 65.7 Å². The normalized spacial score (nSPS) is 19.0. The number of pyridine rings is 1. The second-order valence-corrected chi connectivity index (χ2v) is 6.02. The molecule has 2 saturated carbocycles. The maximum absolute atomic E-state index is 12.2. The van der Waals surface area contributed by atoms with Gasteiger partial charge >= 0.3 is 0 Å². The summed E-state index contributed by atoms with van der Waals surface area (Å²) in [6, 6.07) is 2.19. The minimum Gasteiger partial charge on any atom is -0.349 e. The molecule has 1 heterocycles. The van der Waals surface area contributed by atoms with Gasteiger partial charge in [-0.05, 0) is 31.7 Å². The van der Waals surface area contributed by atoms with E-state index in [1.165, 1.54) is 31.7 Å². The molecule has 0 atom stereocenters. The van der Waals surface area contributed by atoms with Crippen LogP contribution in [0, 0.1) is 0 Å². The Bertz CT molecular complexity index is 534. The van der Waals surface area contributed by atoms with Crippen LogP contribution in [-0.2, 0) is 0 Å². The molecule has 0 unspecified atom stereocenters. The third-order valence-corrected chi connectivity index (χ3v) is 4.12. The highest BCUT2D eigenvalue weighted by molar-refractivity contribution is 5.99. The van der Waals surface area contributed by atoms with Gasteiger partial charge in [-0.25, -0.2) is 0 Å².